The Morgan fingerprint density at radius 3 is 2.35 bits per heavy atom. The first-order valence-electron chi connectivity index (χ1n) is 9.59. The molecule has 11 nitrogen and oxygen atoms in total. The first kappa shape index (κ1) is 20.9. The Morgan fingerprint density at radius 2 is 1.74 bits per heavy atom. The second-order valence-corrected chi connectivity index (χ2v) is 8.53. The Balaban J connectivity index is 1.69. The molecule has 0 spiro atoms. The molecule has 0 unspecified atom stereocenters. The molecule has 0 amide bonds. The van der Waals surface area contributed by atoms with Crippen LogP contribution in [0.5, 0.6) is 0 Å². The summed E-state index contributed by atoms with van der Waals surface area (Å²) in [5.74, 6) is 0.796. The van der Waals surface area contributed by atoms with E-state index in [1.165, 1.54) is 19.3 Å². The van der Waals surface area contributed by atoms with E-state index in [0.29, 0.717) is 26.2 Å². The number of nitrogens with zero attached hydrogens (tertiary/aromatic N) is 6. The number of nitro benzene ring substituents is 2. The van der Waals surface area contributed by atoms with Crippen molar-refractivity contribution in [1.29, 1.82) is 0 Å². The predicted molar refractivity (Wildman–Crippen MR) is 117 cm³/mol. The summed E-state index contributed by atoms with van der Waals surface area (Å²) in [7, 11) is 0. The number of aliphatic hydroxyl groups is 1. The van der Waals surface area contributed by atoms with Gasteiger partial charge in [0.25, 0.3) is 5.69 Å². The molecule has 12 heteroatoms. The van der Waals surface area contributed by atoms with E-state index in [1.807, 2.05) is 13.0 Å². The van der Waals surface area contributed by atoms with E-state index in [-0.39, 0.29) is 28.2 Å². The van der Waals surface area contributed by atoms with Gasteiger partial charge in [-0.25, -0.2) is 9.97 Å². The van der Waals surface area contributed by atoms with Crippen molar-refractivity contribution >= 4 is 44.4 Å². The zero-order chi connectivity index (χ0) is 22.3. The Hall–Kier alpha value is -3.38. The van der Waals surface area contributed by atoms with Gasteiger partial charge in [0.05, 0.1) is 21.8 Å². The average molecular weight is 444 g/mol. The van der Waals surface area contributed by atoms with Crippen LogP contribution >= 0.6 is 11.3 Å². The minimum Gasteiger partial charge on any atom is -0.392 e. The number of benzene rings is 1. The van der Waals surface area contributed by atoms with Crippen LogP contribution in [0.4, 0.5) is 22.9 Å². The van der Waals surface area contributed by atoms with Gasteiger partial charge < -0.3 is 14.9 Å². The van der Waals surface area contributed by atoms with Crippen molar-refractivity contribution in [3.63, 3.8) is 0 Å². The highest BCUT2D eigenvalue weighted by molar-refractivity contribution is 7.18. The average Bonchev–Trinajstić information content (AvgIpc) is 3.13. The van der Waals surface area contributed by atoms with E-state index >= 15 is 0 Å². The van der Waals surface area contributed by atoms with Gasteiger partial charge in [0.2, 0.25) is 0 Å². The number of hydrogen-bond donors (Lipinski definition) is 1. The van der Waals surface area contributed by atoms with Crippen molar-refractivity contribution in [2.75, 3.05) is 36.0 Å². The number of hydrogen-bond acceptors (Lipinski definition) is 10. The fraction of sp³-hybridized carbons (Fsp3) is 0.368. The second-order valence-electron chi connectivity index (χ2n) is 7.30. The van der Waals surface area contributed by atoms with Crippen molar-refractivity contribution in [2.45, 2.75) is 20.5 Å². The number of rotatable bonds is 5. The third-order valence-corrected chi connectivity index (χ3v) is 6.45. The SMILES string of the molecule is Cc1cc2c(N3CCN(c4c([N+](=O)[O-])cc(CO)c(C)c4[N+](=O)[O-])CC3)ncnc2s1. The minimum atomic E-state index is -0.630. The fourth-order valence-electron chi connectivity index (χ4n) is 3.99. The summed E-state index contributed by atoms with van der Waals surface area (Å²) in [5, 5.41) is 34.0. The third kappa shape index (κ3) is 3.64. The Kier molecular flexibility index (Phi) is 5.41. The molecular weight excluding hydrogens is 424 g/mol. The molecule has 1 aliphatic heterocycles. The minimum absolute atomic E-state index is 0.0106. The molecule has 1 saturated heterocycles. The first-order chi connectivity index (χ1) is 14.8. The maximum absolute atomic E-state index is 11.8. The summed E-state index contributed by atoms with van der Waals surface area (Å²) < 4.78 is 0. The Bertz CT molecular complexity index is 1190. The number of fused-ring (bicyclic) bond motifs is 1. The van der Waals surface area contributed by atoms with Crippen LogP contribution in [0, 0.1) is 34.1 Å². The van der Waals surface area contributed by atoms with Crippen LogP contribution in [0.2, 0.25) is 0 Å². The van der Waals surface area contributed by atoms with Crippen molar-refractivity contribution in [2.24, 2.45) is 0 Å². The molecule has 0 atom stereocenters. The largest absolute Gasteiger partial charge is 0.392 e. The van der Waals surface area contributed by atoms with E-state index in [0.717, 1.165) is 20.9 Å². The number of piperazine rings is 1. The van der Waals surface area contributed by atoms with Crippen molar-refractivity contribution in [3.8, 4) is 0 Å². The van der Waals surface area contributed by atoms with Gasteiger partial charge in [-0.05, 0) is 25.5 Å². The van der Waals surface area contributed by atoms with Crippen molar-refractivity contribution in [1.82, 2.24) is 9.97 Å². The van der Waals surface area contributed by atoms with Crippen LogP contribution in [0.15, 0.2) is 18.5 Å². The summed E-state index contributed by atoms with van der Waals surface area (Å²) in [4.78, 5) is 36.8. The van der Waals surface area contributed by atoms with Gasteiger partial charge in [-0.15, -0.1) is 11.3 Å². The Morgan fingerprint density at radius 1 is 1.06 bits per heavy atom. The zero-order valence-electron chi connectivity index (χ0n) is 16.9. The molecule has 1 fully saturated rings. The molecule has 2 aromatic heterocycles. The predicted octanol–water partition coefficient (Wildman–Crippen LogP) is 2.94. The highest BCUT2D eigenvalue weighted by atomic mass is 32.1. The lowest BCUT2D eigenvalue weighted by atomic mass is 10.0. The van der Waals surface area contributed by atoms with E-state index in [9.17, 15) is 25.3 Å². The number of anilines is 2. The molecule has 0 radical (unpaired) electrons. The van der Waals surface area contributed by atoms with Crippen LogP contribution in [-0.2, 0) is 6.61 Å². The number of aryl methyl sites for hydroxylation is 1. The lowest BCUT2D eigenvalue weighted by Crippen LogP contribution is -2.47. The third-order valence-electron chi connectivity index (χ3n) is 5.49. The monoisotopic (exact) mass is 444 g/mol. The molecule has 31 heavy (non-hydrogen) atoms. The highest BCUT2D eigenvalue weighted by Gasteiger charge is 2.35. The van der Waals surface area contributed by atoms with Gasteiger partial charge in [0.15, 0.2) is 5.69 Å². The lowest BCUT2D eigenvalue weighted by molar-refractivity contribution is -0.393. The smallest absolute Gasteiger partial charge is 0.302 e. The summed E-state index contributed by atoms with van der Waals surface area (Å²) in [6.45, 7) is 4.70. The molecule has 0 aliphatic carbocycles. The lowest BCUT2D eigenvalue weighted by Gasteiger charge is -2.36. The summed E-state index contributed by atoms with van der Waals surface area (Å²) in [5.41, 5.74) is -0.292. The quantitative estimate of drug-likeness (QED) is 0.465. The Labute approximate surface area is 180 Å². The van der Waals surface area contributed by atoms with Crippen molar-refractivity contribution < 1.29 is 15.0 Å². The van der Waals surface area contributed by atoms with Crippen LogP contribution in [-0.4, -0.2) is 51.1 Å². The van der Waals surface area contributed by atoms with Crippen LogP contribution in [0.1, 0.15) is 16.0 Å². The standard InChI is InChI=1S/C19H20N6O5S/c1-11-7-14-18(20-10-21-19(14)31-11)23-5-3-22(4-6-23)17-15(24(27)28)8-13(9-26)12(2)16(17)25(29)30/h7-8,10,26H,3-6,9H2,1-2H3. The molecule has 162 valence electrons. The molecule has 0 saturated carbocycles. The molecule has 0 bridgehead atoms. The molecule has 1 N–H and O–H groups in total. The normalized spacial score (nSPS) is 14.3. The summed E-state index contributed by atoms with van der Waals surface area (Å²) in [6, 6.07) is 3.26. The molecule has 3 heterocycles. The number of aromatic nitrogens is 2. The highest BCUT2D eigenvalue weighted by Crippen LogP contribution is 2.42. The summed E-state index contributed by atoms with van der Waals surface area (Å²) >= 11 is 1.58. The number of nitro groups is 2. The van der Waals surface area contributed by atoms with Gasteiger partial charge in [-0.1, -0.05) is 0 Å². The van der Waals surface area contributed by atoms with Gasteiger partial charge in [0.1, 0.15) is 17.0 Å². The zero-order valence-corrected chi connectivity index (χ0v) is 17.8. The molecule has 1 aliphatic rings. The fourth-order valence-corrected chi connectivity index (χ4v) is 4.83. The van der Waals surface area contributed by atoms with Crippen molar-refractivity contribution in [3.05, 3.63) is 54.7 Å². The number of thiophene rings is 1. The molecule has 1 aromatic carbocycles. The van der Waals surface area contributed by atoms with E-state index < -0.39 is 16.5 Å². The van der Waals surface area contributed by atoms with Crippen LogP contribution < -0.4 is 9.80 Å². The first-order valence-corrected chi connectivity index (χ1v) is 10.4. The van der Waals surface area contributed by atoms with Gasteiger partial charge in [0, 0.05) is 42.7 Å². The maximum Gasteiger partial charge on any atom is 0.302 e. The van der Waals surface area contributed by atoms with E-state index in [2.05, 4.69) is 14.9 Å². The van der Waals surface area contributed by atoms with Gasteiger partial charge in [-0.3, -0.25) is 20.2 Å². The molecular formula is C19H20N6O5S. The van der Waals surface area contributed by atoms with E-state index in [1.54, 1.807) is 16.2 Å². The van der Waals surface area contributed by atoms with Crippen LogP contribution in [0.3, 0.4) is 0 Å². The van der Waals surface area contributed by atoms with E-state index in [4.69, 9.17) is 0 Å². The van der Waals surface area contributed by atoms with Gasteiger partial charge in [-0.2, -0.15) is 0 Å². The maximum atomic E-state index is 11.8. The molecule has 4 rings (SSSR count). The van der Waals surface area contributed by atoms with Gasteiger partial charge >= 0.3 is 5.69 Å². The second kappa shape index (κ2) is 8.04. The summed E-state index contributed by atoms with van der Waals surface area (Å²) in [6.07, 6.45) is 1.52. The van der Waals surface area contributed by atoms with Crippen LogP contribution in [0.25, 0.3) is 10.2 Å². The molecule has 3 aromatic rings. The topological polar surface area (TPSA) is 139 Å². The number of aliphatic hydroxyl groups excluding tert-OH is 1.